The van der Waals surface area contributed by atoms with E-state index in [-0.39, 0.29) is 11.2 Å². The lowest BCUT2D eigenvalue weighted by Gasteiger charge is -2.26. The van der Waals surface area contributed by atoms with Crippen LogP contribution in [0.3, 0.4) is 0 Å². The van der Waals surface area contributed by atoms with Crippen LogP contribution < -0.4 is 20.7 Å². The second-order valence-electron chi connectivity index (χ2n) is 8.65. The van der Waals surface area contributed by atoms with E-state index in [1.807, 2.05) is 43.3 Å². The molecule has 0 bridgehead atoms. The predicted octanol–water partition coefficient (Wildman–Crippen LogP) is 4.09. The van der Waals surface area contributed by atoms with Gasteiger partial charge in [-0.3, -0.25) is 0 Å². The molecule has 3 aromatic rings. The first kappa shape index (κ1) is 24.1. The zero-order chi connectivity index (χ0) is 24.1. The van der Waals surface area contributed by atoms with Gasteiger partial charge < -0.3 is 25.3 Å². The molecule has 2 aromatic heterocycles. The predicted molar refractivity (Wildman–Crippen MR) is 135 cm³/mol. The Labute approximate surface area is 204 Å². The summed E-state index contributed by atoms with van der Waals surface area (Å²) < 4.78 is 7.65. The van der Waals surface area contributed by atoms with E-state index in [1.165, 1.54) is 19.3 Å². The van der Waals surface area contributed by atoms with Gasteiger partial charge in [-0.05, 0) is 31.9 Å². The SMILES string of the molecule is COc1cccc(NCc2nnc(SC(C)c3nc(N)nc(N(C)C)n3)n2C2CCCCC2)c1. The van der Waals surface area contributed by atoms with Crippen molar-refractivity contribution in [1.29, 1.82) is 0 Å². The van der Waals surface area contributed by atoms with Crippen LogP contribution in [0.4, 0.5) is 17.6 Å². The highest BCUT2D eigenvalue weighted by Crippen LogP contribution is 2.38. The van der Waals surface area contributed by atoms with Gasteiger partial charge in [0.05, 0.1) is 18.9 Å². The van der Waals surface area contributed by atoms with Gasteiger partial charge in [0.15, 0.2) is 11.0 Å². The van der Waals surface area contributed by atoms with Crippen molar-refractivity contribution in [3.8, 4) is 5.75 Å². The molecule has 34 heavy (non-hydrogen) atoms. The third kappa shape index (κ3) is 5.69. The van der Waals surface area contributed by atoms with Gasteiger partial charge in [-0.2, -0.15) is 15.0 Å². The summed E-state index contributed by atoms with van der Waals surface area (Å²) >= 11 is 1.61. The van der Waals surface area contributed by atoms with Crippen molar-refractivity contribution in [1.82, 2.24) is 29.7 Å². The summed E-state index contributed by atoms with van der Waals surface area (Å²) in [4.78, 5) is 15.0. The molecule has 1 aliphatic carbocycles. The van der Waals surface area contributed by atoms with E-state index in [1.54, 1.807) is 18.9 Å². The van der Waals surface area contributed by atoms with Crippen molar-refractivity contribution < 1.29 is 4.74 Å². The summed E-state index contributed by atoms with van der Waals surface area (Å²) in [6, 6.07) is 8.29. The van der Waals surface area contributed by atoms with Gasteiger partial charge in [0.2, 0.25) is 11.9 Å². The van der Waals surface area contributed by atoms with Crippen LogP contribution in [0.15, 0.2) is 29.4 Å². The van der Waals surface area contributed by atoms with Crippen LogP contribution in [-0.4, -0.2) is 50.9 Å². The third-order valence-electron chi connectivity index (χ3n) is 5.90. The first-order valence-electron chi connectivity index (χ1n) is 11.6. The van der Waals surface area contributed by atoms with Gasteiger partial charge in [0, 0.05) is 31.9 Å². The van der Waals surface area contributed by atoms with Crippen LogP contribution in [0, 0.1) is 0 Å². The summed E-state index contributed by atoms with van der Waals surface area (Å²) in [5.74, 6) is 3.14. The maximum Gasteiger partial charge on any atom is 0.229 e. The molecule has 2 heterocycles. The maximum absolute atomic E-state index is 5.95. The summed E-state index contributed by atoms with van der Waals surface area (Å²) in [6.07, 6.45) is 6.00. The molecule has 1 fully saturated rings. The van der Waals surface area contributed by atoms with Gasteiger partial charge >= 0.3 is 0 Å². The number of nitrogens with one attached hydrogen (secondary N) is 1. The number of thioether (sulfide) groups is 1. The number of hydrogen-bond acceptors (Lipinski definition) is 10. The number of nitrogens with zero attached hydrogens (tertiary/aromatic N) is 7. The van der Waals surface area contributed by atoms with E-state index in [0.29, 0.717) is 24.4 Å². The molecule has 11 heteroatoms. The van der Waals surface area contributed by atoms with E-state index >= 15 is 0 Å². The van der Waals surface area contributed by atoms with E-state index in [4.69, 9.17) is 10.5 Å². The summed E-state index contributed by atoms with van der Waals surface area (Å²) in [5, 5.41) is 13.4. The van der Waals surface area contributed by atoms with Crippen LogP contribution >= 0.6 is 11.8 Å². The second-order valence-corrected chi connectivity index (χ2v) is 9.96. The van der Waals surface area contributed by atoms with Crippen LogP contribution in [0.2, 0.25) is 0 Å². The summed E-state index contributed by atoms with van der Waals surface area (Å²) in [6.45, 7) is 2.64. The summed E-state index contributed by atoms with van der Waals surface area (Å²) in [5.41, 5.74) is 6.93. The van der Waals surface area contributed by atoms with Crippen LogP contribution in [0.1, 0.15) is 62.0 Å². The fraction of sp³-hybridized carbons (Fsp3) is 0.522. The van der Waals surface area contributed by atoms with Crippen molar-refractivity contribution in [3.63, 3.8) is 0 Å². The van der Waals surface area contributed by atoms with E-state index < -0.39 is 0 Å². The molecule has 0 radical (unpaired) electrons. The zero-order valence-electron chi connectivity index (χ0n) is 20.2. The number of rotatable bonds is 9. The molecule has 1 aliphatic rings. The van der Waals surface area contributed by atoms with Gasteiger partial charge in [-0.15, -0.1) is 10.2 Å². The van der Waals surface area contributed by atoms with Crippen molar-refractivity contribution >= 4 is 29.3 Å². The standard InChI is InChI=1S/C23H33N9OS/c1-15(20-26-21(24)28-22(27-20)31(2)3)34-23-30-29-19(32(23)17-10-6-5-7-11-17)14-25-16-9-8-12-18(13-16)33-4/h8-9,12-13,15,17,25H,5-7,10-11,14H2,1-4H3,(H2,24,26,27,28). The van der Waals surface area contributed by atoms with E-state index in [2.05, 4.69) is 42.0 Å². The fourth-order valence-electron chi connectivity index (χ4n) is 4.12. The number of ether oxygens (including phenoxy) is 1. The molecule has 4 rings (SSSR count). The average Bonchev–Trinajstić information content (AvgIpc) is 3.25. The minimum atomic E-state index is -0.0604. The first-order valence-corrected chi connectivity index (χ1v) is 12.5. The van der Waals surface area contributed by atoms with Gasteiger partial charge in [-0.1, -0.05) is 37.1 Å². The lowest BCUT2D eigenvalue weighted by Crippen LogP contribution is -2.19. The van der Waals surface area contributed by atoms with Crippen LogP contribution in [0.5, 0.6) is 5.75 Å². The Bertz CT molecular complexity index is 1100. The third-order valence-corrected chi connectivity index (χ3v) is 6.95. The molecule has 3 N–H and O–H groups in total. The van der Waals surface area contributed by atoms with Gasteiger partial charge in [0.1, 0.15) is 11.6 Å². The maximum atomic E-state index is 5.95. The molecule has 1 aromatic carbocycles. The number of hydrogen-bond donors (Lipinski definition) is 2. The van der Waals surface area contributed by atoms with E-state index in [0.717, 1.165) is 35.3 Å². The van der Waals surface area contributed by atoms with Crippen LogP contribution in [0.25, 0.3) is 0 Å². The smallest absolute Gasteiger partial charge is 0.229 e. The Kier molecular flexibility index (Phi) is 7.71. The molecule has 0 aliphatic heterocycles. The van der Waals surface area contributed by atoms with Crippen molar-refractivity contribution in [2.75, 3.05) is 37.2 Å². The van der Waals surface area contributed by atoms with Crippen LogP contribution in [-0.2, 0) is 6.54 Å². The fourth-order valence-corrected chi connectivity index (χ4v) is 5.10. The summed E-state index contributed by atoms with van der Waals surface area (Å²) in [7, 11) is 5.44. The molecule has 0 amide bonds. The van der Waals surface area contributed by atoms with Crippen molar-refractivity contribution in [2.45, 2.75) is 62.0 Å². The molecule has 0 saturated heterocycles. The zero-order valence-corrected chi connectivity index (χ0v) is 21.0. The number of nitrogen functional groups attached to an aromatic ring is 1. The molecule has 1 saturated carbocycles. The highest BCUT2D eigenvalue weighted by Gasteiger charge is 2.25. The molecule has 1 atom stereocenters. The molecule has 1 unspecified atom stereocenters. The lowest BCUT2D eigenvalue weighted by molar-refractivity contribution is 0.330. The quantitative estimate of drug-likeness (QED) is 0.431. The first-order chi connectivity index (χ1) is 16.4. The Hall–Kier alpha value is -3.08. The Morgan fingerprint density at radius 3 is 2.71 bits per heavy atom. The number of benzene rings is 1. The minimum Gasteiger partial charge on any atom is -0.497 e. The largest absolute Gasteiger partial charge is 0.497 e. The Morgan fingerprint density at radius 2 is 1.97 bits per heavy atom. The second kappa shape index (κ2) is 10.9. The van der Waals surface area contributed by atoms with Crippen molar-refractivity contribution in [2.24, 2.45) is 0 Å². The Balaban J connectivity index is 1.57. The van der Waals surface area contributed by atoms with Crippen molar-refractivity contribution in [3.05, 3.63) is 35.9 Å². The monoisotopic (exact) mass is 483 g/mol. The van der Waals surface area contributed by atoms with E-state index in [9.17, 15) is 0 Å². The van der Waals surface area contributed by atoms with Gasteiger partial charge in [-0.25, -0.2) is 0 Å². The Morgan fingerprint density at radius 1 is 1.18 bits per heavy atom. The molecule has 0 spiro atoms. The molecule has 182 valence electrons. The minimum absolute atomic E-state index is 0.0604. The molecular formula is C23H33N9OS. The normalized spacial score (nSPS) is 15.2. The highest BCUT2D eigenvalue weighted by molar-refractivity contribution is 7.99. The molecular weight excluding hydrogens is 450 g/mol. The number of aromatic nitrogens is 6. The number of nitrogens with two attached hydrogens (primary N) is 1. The number of anilines is 3. The average molecular weight is 484 g/mol. The topological polar surface area (TPSA) is 120 Å². The number of methoxy groups -OCH3 is 1. The lowest BCUT2D eigenvalue weighted by atomic mass is 9.95. The highest BCUT2D eigenvalue weighted by atomic mass is 32.2. The molecule has 10 nitrogen and oxygen atoms in total. The van der Waals surface area contributed by atoms with Gasteiger partial charge in [0.25, 0.3) is 0 Å².